The van der Waals surface area contributed by atoms with Crippen LogP contribution in [0, 0.1) is 0 Å². The first-order valence-corrected chi connectivity index (χ1v) is 8.44. The average molecular weight is 384 g/mol. The van der Waals surface area contributed by atoms with Crippen molar-refractivity contribution in [1.29, 1.82) is 0 Å². The smallest absolute Gasteiger partial charge is 0.368 e. The third-order valence-electron chi connectivity index (χ3n) is 4.20. The van der Waals surface area contributed by atoms with Crippen LogP contribution in [0.15, 0.2) is 48.5 Å². The van der Waals surface area contributed by atoms with Gasteiger partial charge in [0, 0.05) is 42.6 Å². The van der Waals surface area contributed by atoms with Crippen LogP contribution in [-0.4, -0.2) is 37.1 Å². The molecule has 138 valence electrons. The van der Waals surface area contributed by atoms with Crippen LogP contribution in [0.1, 0.15) is 5.56 Å². The molecule has 1 aliphatic heterocycles. The summed E-state index contributed by atoms with van der Waals surface area (Å²) in [5, 5.41) is 3.29. The second-order valence-corrected chi connectivity index (χ2v) is 6.40. The fourth-order valence-electron chi connectivity index (χ4n) is 2.79. The molecule has 0 unspecified atom stereocenters. The summed E-state index contributed by atoms with van der Waals surface area (Å²) in [7, 11) is 0. The van der Waals surface area contributed by atoms with Gasteiger partial charge in [-0.15, -0.1) is 0 Å². The van der Waals surface area contributed by atoms with Crippen LogP contribution >= 0.6 is 11.6 Å². The van der Waals surface area contributed by atoms with E-state index in [2.05, 4.69) is 10.2 Å². The van der Waals surface area contributed by atoms with E-state index in [1.807, 2.05) is 18.2 Å². The Morgan fingerprint density at radius 1 is 1.00 bits per heavy atom. The molecule has 8 heteroatoms. The van der Waals surface area contributed by atoms with Gasteiger partial charge in [0.25, 0.3) is 0 Å². The summed E-state index contributed by atoms with van der Waals surface area (Å²) in [6, 6.07) is 11.6. The summed E-state index contributed by atoms with van der Waals surface area (Å²) in [5.74, 6) is 0. The van der Waals surface area contributed by atoms with Crippen LogP contribution in [0.2, 0.25) is 5.02 Å². The number of amides is 2. The van der Waals surface area contributed by atoms with E-state index < -0.39 is 11.7 Å². The number of urea groups is 1. The van der Waals surface area contributed by atoms with Gasteiger partial charge in [-0.2, -0.15) is 13.2 Å². The topological polar surface area (TPSA) is 35.6 Å². The zero-order valence-corrected chi connectivity index (χ0v) is 14.5. The van der Waals surface area contributed by atoms with Crippen molar-refractivity contribution in [3.63, 3.8) is 0 Å². The number of carbonyl (C=O) groups is 1. The van der Waals surface area contributed by atoms with Gasteiger partial charge in [-0.05, 0) is 42.5 Å². The van der Waals surface area contributed by atoms with Gasteiger partial charge in [0.1, 0.15) is 0 Å². The van der Waals surface area contributed by atoms with E-state index in [1.54, 1.807) is 11.0 Å². The number of anilines is 2. The van der Waals surface area contributed by atoms with Gasteiger partial charge >= 0.3 is 12.2 Å². The predicted octanol–water partition coefficient (Wildman–Crippen LogP) is 4.71. The van der Waals surface area contributed by atoms with Gasteiger partial charge in [-0.1, -0.05) is 17.7 Å². The maximum Gasteiger partial charge on any atom is 0.416 e. The van der Waals surface area contributed by atoms with Crippen LogP contribution in [0.25, 0.3) is 0 Å². The van der Waals surface area contributed by atoms with Gasteiger partial charge in [0.05, 0.1) is 5.56 Å². The summed E-state index contributed by atoms with van der Waals surface area (Å²) >= 11 is 6.00. The van der Waals surface area contributed by atoms with Gasteiger partial charge in [-0.25, -0.2) is 4.79 Å². The maximum atomic E-state index is 12.6. The molecule has 4 nitrogen and oxygen atoms in total. The number of hydrogen-bond donors (Lipinski definition) is 1. The predicted molar refractivity (Wildman–Crippen MR) is 95.7 cm³/mol. The molecule has 0 bridgehead atoms. The number of halogens is 4. The highest BCUT2D eigenvalue weighted by molar-refractivity contribution is 6.30. The molecule has 0 aromatic heterocycles. The second-order valence-electron chi connectivity index (χ2n) is 5.96. The van der Waals surface area contributed by atoms with Gasteiger partial charge in [0.15, 0.2) is 0 Å². The first kappa shape index (κ1) is 18.4. The maximum absolute atomic E-state index is 12.6. The van der Waals surface area contributed by atoms with Crippen molar-refractivity contribution in [3.8, 4) is 0 Å². The lowest BCUT2D eigenvalue weighted by molar-refractivity contribution is -0.137. The first-order chi connectivity index (χ1) is 12.3. The number of alkyl halides is 3. The molecule has 1 N–H and O–H groups in total. The molecule has 2 amide bonds. The Morgan fingerprint density at radius 2 is 1.65 bits per heavy atom. The zero-order valence-electron chi connectivity index (χ0n) is 13.8. The van der Waals surface area contributed by atoms with Crippen LogP contribution in [0.3, 0.4) is 0 Å². The van der Waals surface area contributed by atoms with Crippen molar-refractivity contribution in [1.82, 2.24) is 4.90 Å². The Morgan fingerprint density at radius 3 is 2.23 bits per heavy atom. The molecule has 0 aliphatic carbocycles. The number of nitrogens with one attached hydrogen (secondary N) is 1. The van der Waals surface area contributed by atoms with Gasteiger partial charge in [0.2, 0.25) is 0 Å². The monoisotopic (exact) mass is 383 g/mol. The number of nitrogens with zero attached hydrogens (tertiary/aromatic N) is 2. The number of rotatable bonds is 2. The molecule has 1 fully saturated rings. The van der Waals surface area contributed by atoms with Crippen LogP contribution in [0.4, 0.5) is 29.3 Å². The molecule has 2 aromatic carbocycles. The van der Waals surface area contributed by atoms with E-state index in [0.29, 0.717) is 36.9 Å². The molecule has 0 spiro atoms. The van der Waals surface area contributed by atoms with Gasteiger partial charge in [-0.3, -0.25) is 0 Å². The molecule has 0 radical (unpaired) electrons. The fourth-order valence-corrected chi connectivity index (χ4v) is 2.97. The molecule has 26 heavy (non-hydrogen) atoms. The minimum atomic E-state index is -4.39. The van der Waals surface area contributed by atoms with Crippen LogP contribution in [0.5, 0.6) is 0 Å². The van der Waals surface area contributed by atoms with Crippen LogP contribution in [-0.2, 0) is 6.18 Å². The first-order valence-electron chi connectivity index (χ1n) is 8.06. The third kappa shape index (κ3) is 4.40. The molecule has 2 aromatic rings. The second kappa shape index (κ2) is 7.45. The van der Waals surface area contributed by atoms with Crippen molar-refractivity contribution in [2.75, 3.05) is 36.4 Å². The van der Waals surface area contributed by atoms with E-state index in [-0.39, 0.29) is 6.03 Å². The van der Waals surface area contributed by atoms with Crippen molar-refractivity contribution in [2.45, 2.75) is 6.18 Å². The van der Waals surface area contributed by atoms with Crippen molar-refractivity contribution in [2.24, 2.45) is 0 Å². The highest BCUT2D eigenvalue weighted by Crippen LogP contribution is 2.30. The molecule has 1 saturated heterocycles. The SMILES string of the molecule is O=C(Nc1ccc(C(F)(F)F)cc1)N1CCN(c2cccc(Cl)c2)CC1. The van der Waals surface area contributed by atoms with Crippen molar-refractivity contribution < 1.29 is 18.0 Å². The highest BCUT2D eigenvalue weighted by Gasteiger charge is 2.30. The Kier molecular flexibility index (Phi) is 5.27. The average Bonchev–Trinajstić information content (AvgIpc) is 2.61. The van der Waals surface area contributed by atoms with Crippen molar-refractivity contribution >= 4 is 29.0 Å². The molecular weight excluding hydrogens is 367 g/mol. The molecule has 3 rings (SSSR count). The fraction of sp³-hybridized carbons (Fsp3) is 0.278. The summed E-state index contributed by atoms with van der Waals surface area (Å²) in [4.78, 5) is 16.1. The quantitative estimate of drug-likeness (QED) is 0.815. The molecule has 0 atom stereocenters. The lowest BCUT2D eigenvalue weighted by Gasteiger charge is -2.36. The van der Waals surface area contributed by atoms with Gasteiger partial charge < -0.3 is 15.1 Å². The molecule has 1 aliphatic rings. The summed E-state index contributed by atoms with van der Waals surface area (Å²) in [5.41, 5.74) is 0.589. The Balaban J connectivity index is 1.55. The van der Waals surface area contributed by atoms with E-state index in [0.717, 1.165) is 17.8 Å². The molecular formula is C18H17ClF3N3O. The minimum absolute atomic E-state index is 0.324. The van der Waals surface area contributed by atoms with E-state index in [4.69, 9.17) is 11.6 Å². The Bertz CT molecular complexity index is 772. The minimum Gasteiger partial charge on any atom is -0.368 e. The number of hydrogen-bond acceptors (Lipinski definition) is 2. The largest absolute Gasteiger partial charge is 0.416 e. The third-order valence-corrected chi connectivity index (χ3v) is 4.44. The van der Waals surface area contributed by atoms with E-state index >= 15 is 0 Å². The standard InChI is InChI=1S/C18H17ClF3N3O/c19-14-2-1-3-16(12-14)24-8-10-25(11-9-24)17(26)23-15-6-4-13(5-7-15)18(20,21)22/h1-7,12H,8-11H2,(H,23,26). The summed E-state index contributed by atoms with van der Waals surface area (Å²) in [6.45, 7) is 2.33. The highest BCUT2D eigenvalue weighted by atomic mass is 35.5. The van der Waals surface area contributed by atoms with Crippen molar-refractivity contribution in [3.05, 3.63) is 59.1 Å². The zero-order chi connectivity index (χ0) is 18.7. The van der Waals surface area contributed by atoms with E-state index in [1.165, 1.54) is 12.1 Å². The summed E-state index contributed by atoms with van der Waals surface area (Å²) < 4.78 is 37.7. The number of carbonyl (C=O) groups excluding carboxylic acids is 1. The number of piperazine rings is 1. The molecule has 0 saturated carbocycles. The normalized spacial score (nSPS) is 15.1. The Labute approximate surface area is 154 Å². The Hall–Kier alpha value is -2.41. The number of benzene rings is 2. The summed E-state index contributed by atoms with van der Waals surface area (Å²) in [6.07, 6.45) is -4.39. The lowest BCUT2D eigenvalue weighted by atomic mass is 10.2. The van der Waals surface area contributed by atoms with E-state index in [9.17, 15) is 18.0 Å². The van der Waals surface area contributed by atoms with Crippen LogP contribution < -0.4 is 10.2 Å². The lowest BCUT2D eigenvalue weighted by Crippen LogP contribution is -2.50. The molecule has 1 heterocycles.